The van der Waals surface area contributed by atoms with Gasteiger partial charge in [0.25, 0.3) is 0 Å². The fourth-order valence-corrected chi connectivity index (χ4v) is 1.65. The van der Waals surface area contributed by atoms with Crippen LogP contribution in [-0.4, -0.2) is 22.9 Å². The Bertz CT molecular complexity index is 180. The summed E-state index contributed by atoms with van der Waals surface area (Å²) in [5.74, 6) is -0.308. The predicted octanol–water partition coefficient (Wildman–Crippen LogP) is 2.00. The molecule has 0 N–H and O–H groups in total. The van der Waals surface area contributed by atoms with Gasteiger partial charge in [0.05, 0.1) is 6.61 Å². The van der Waals surface area contributed by atoms with Crippen molar-refractivity contribution in [3.8, 4) is 0 Å². The average Bonchev–Trinajstić information content (AvgIpc) is 2.05. The van der Waals surface area contributed by atoms with E-state index in [1.165, 1.54) is 0 Å². The Hall–Kier alpha value is -0.510. The molecule has 4 heteroatoms. The maximum absolute atomic E-state index is 11.1. The highest BCUT2D eigenvalue weighted by Crippen LogP contribution is 2.15. The SMILES string of the molecule is CCCC(=O)SC(C)C(=O)OCC. The summed E-state index contributed by atoms with van der Waals surface area (Å²) in [6, 6.07) is 0. The van der Waals surface area contributed by atoms with Crippen LogP contribution in [-0.2, 0) is 14.3 Å². The number of esters is 1. The van der Waals surface area contributed by atoms with Crippen LogP contribution < -0.4 is 0 Å². The summed E-state index contributed by atoms with van der Waals surface area (Å²) in [5, 5.41) is -0.318. The highest BCUT2D eigenvalue weighted by molar-refractivity contribution is 8.14. The van der Waals surface area contributed by atoms with E-state index in [0.717, 1.165) is 18.2 Å². The zero-order chi connectivity index (χ0) is 10.3. The number of carbonyl (C=O) groups is 2. The summed E-state index contributed by atoms with van der Waals surface area (Å²) in [5.41, 5.74) is 0. The van der Waals surface area contributed by atoms with Crippen LogP contribution in [0.5, 0.6) is 0 Å². The third-order valence-corrected chi connectivity index (χ3v) is 2.39. The Morgan fingerprint density at radius 2 is 2.00 bits per heavy atom. The minimum atomic E-state index is -0.376. The van der Waals surface area contributed by atoms with Crippen molar-refractivity contribution in [3.63, 3.8) is 0 Å². The molecule has 0 amide bonds. The van der Waals surface area contributed by atoms with Crippen LogP contribution in [0.1, 0.15) is 33.6 Å². The fraction of sp³-hybridized carbons (Fsp3) is 0.778. The third-order valence-electron chi connectivity index (χ3n) is 1.38. The van der Waals surface area contributed by atoms with Gasteiger partial charge in [-0.2, -0.15) is 0 Å². The molecule has 1 unspecified atom stereocenters. The maximum Gasteiger partial charge on any atom is 0.319 e. The van der Waals surface area contributed by atoms with E-state index in [0.29, 0.717) is 13.0 Å². The molecule has 0 heterocycles. The van der Waals surface area contributed by atoms with Crippen LogP contribution in [0, 0.1) is 0 Å². The molecule has 13 heavy (non-hydrogen) atoms. The summed E-state index contributed by atoms with van der Waals surface area (Å²) in [6.07, 6.45) is 1.34. The molecule has 0 aromatic carbocycles. The Labute approximate surface area is 83.2 Å². The van der Waals surface area contributed by atoms with Crippen molar-refractivity contribution < 1.29 is 14.3 Å². The highest BCUT2D eigenvalue weighted by Gasteiger charge is 2.17. The first-order valence-corrected chi connectivity index (χ1v) is 5.35. The molecule has 0 aromatic rings. The Kier molecular flexibility index (Phi) is 6.68. The summed E-state index contributed by atoms with van der Waals surface area (Å²) >= 11 is 1.06. The Morgan fingerprint density at radius 3 is 2.46 bits per heavy atom. The van der Waals surface area contributed by atoms with Crippen molar-refractivity contribution in [2.45, 2.75) is 38.9 Å². The van der Waals surface area contributed by atoms with Gasteiger partial charge < -0.3 is 4.74 Å². The van der Waals surface area contributed by atoms with Crippen LogP contribution >= 0.6 is 11.8 Å². The minimum Gasteiger partial charge on any atom is -0.465 e. The average molecular weight is 204 g/mol. The zero-order valence-corrected chi connectivity index (χ0v) is 9.15. The normalized spacial score (nSPS) is 12.2. The number of thioether (sulfide) groups is 1. The molecular weight excluding hydrogens is 188 g/mol. The lowest BCUT2D eigenvalue weighted by Gasteiger charge is -2.08. The predicted molar refractivity (Wildman–Crippen MR) is 53.6 cm³/mol. The van der Waals surface area contributed by atoms with Crippen molar-refractivity contribution in [3.05, 3.63) is 0 Å². The molecule has 3 nitrogen and oxygen atoms in total. The van der Waals surface area contributed by atoms with Crippen LogP contribution in [0.3, 0.4) is 0 Å². The van der Waals surface area contributed by atoms with E-state index in [1.807, 2.05) is 6.92 Å². The summed E-state index contributed by atoms with van der Waals surface area (Å²) in [4.78, 5) is 22.2. The second kappa shape index (κ2) is 6.95. The maximum atomic E-state index is 11.1. The quantitative estimate of drug-likeness (QED) is 0.642. The molecule has 0 aliphatic carbocycles. The lowest BCUT2D eigenvalue weighted by atomic mass is 10.4. The molecule has 1 atom stereocenters. The van der Waals surface area contributed by atoms with Gasteiger partial charge in [0.15, 0.2) is 5.12 Å². The largest absolute Gasteiger partial charge is 0.465 e. The first kappa shape index (κ1) is 12.5. The topological polar surface area (TPSA) is 43.4 Å². The molecule has 0 aromatic heterocycles. The van der Waals surface area contributed by atoms with Gasteiger partial charge in [0.2, 0.25) is 0 Å². The van der Waals surface area contributed by atoms with Crippen LogP contribution in [0.4, 0.5) is 0 Å². The molecule has 0 saturated heterocycles. The van der Waals surface area contributed by atoms with Gasteiger partial charge in [-0.05, 0) is 20.3 Å². The van der Waals surface area contributed by atoms with Gasteiger partial charge in [0, 0.05) is 6.42 Å². The van der Waals surface area contributed by atoms with Gasteiger partial charge in [-0.1, -0.05) is 18.7 Å². The summed E-state index contributed by atoms with van der Waals surface area (Å²) < 4.78 is 4.77. The van der Waals surface area contributed by atoms with E-state index < -0.39 is 0 Å². The Balaban J connectivity index is 3.78. The van der Waals surface area contributed by atoms with E-state index in [1.54, 1.807) is 13.8 Å². The van der Waals surface area contributed by atoms with Crippen LogP contribution in [0.25, 0.3) is 0 Å². The van der Waals surface area contributed by atoms with Crippen molar-refractivity contribution in [2.75, 3.05) is 6.61 Å². The van der Waals surface area contributed by atoms with E-state index in [4.69, 9.17) is 4.74 Å². The van der Waals surface area contributed by atoms with E-state index in [9.17, 15) is 9.59 Å². The molecule has 0 aliphatic rings. The van der Waals surface area contributed by atoms with Crippen LogP contribution in [0.2, 0.25) is 0 Å². The first-order chi connectivity index (χ1) is 6.11. The lowest BCUT2D eigenvalue weighted by molar-refractivity contribution is -0.142. The van der Waals surface area contributed by atoms with Gasteiger partial charge in [-0.3, -0.25) is 9.59 Å². The number of carbonyl (C=O) groups excluding carboxylic acids is 2. The van der Waals surface area contributed by atoms with Crippen molar-refractivity contribution in [1.82, 2.24) is 0 Å². The first-order valence-electron chi connectivity index (χ1n) is 4.47. The second-order valence-corrected chi connectivity index (χ2v) is 4.03. The molecule has 0 aliphatic heterocycles. The molecule has 0 spiro atoms. The van der Waals surface area contributed by atoms with Gasteiger partial charge in [-0.25, -0.2) is 0 Å². The number of hydrogen-bond donors (Lipinski definition) is 0. The Morgan fingerprint density at radius 1 is 1.38 bits per heavy atom. The molecule has 0 saturated carbocycles. The number of rotatable bonds is 5. The molecule has 0 bridgehead atoms. The fourth-order valence-electron chi connectivity index (χ4n) is 0.768. The molecule has 0 rings (SSSR count). The standard InChI is InChI=1S/C9H16O3S/c1-4-6-8(10)13-7(3)9(11)12-5-2/h7H,4-6H2,1-3H3. The number of hydrogen-bond acceptors (Lipinski definition) is 4. The van der Waals surface area contributed by atoms with Crippen molar-refractivity contribution in [1.29, 1.82) is 0 Å². The second-order valence-electron chi connectivity index (χ2n) is 2.63. The molecular formula is C9H16O3S. The monoisotopic (exact) mass is 204 g/mol. The molecule has 0 fully saturated rings. The molecule has 76 valence electrons. The van der Waals surface area contributed by atoms with Gasteiger partial charge in [0.1, 0.15) is 5.25 Å². The number of ether oxygens (including phenoxy) is 1. The van der Waals surface area contributed by atoms with E-state index in [-0.39, 0.29) is 16.3 Å². The summed E-state index contributed by atoms with van der Waals surface area (Å²) in [6.45, 7) is 5.75. The van der Waals surface area contributed by atoms with Crippen molar-refractivity contribution >= 4 is 22.8 Å². The van der Waals surface area contributed by atoms with E-state index in [2.05, 4.69) is 0 Å². The van der Waals surface area contributed by atoms with Gasteiger partial charge in [-0.15, -0.1) is 0 Å². The zero-order valence-electron chi connectivity index (χ0n) is 8.33. The minimum absolute atomic E-state index is 0.0584. The smallest absolute Gasteiger partial charge is 0.319 e. The summed E-state index contributed by atoms with van der Waals surface area (Å²) in [7, 11) is 0. The lowest BCUT2D eigenvalue weighted by Crippen LogP contribution is -2.18. The third kappa shape index (κ3) is 5.69. The van der Waals surface area contributed by atoms with Crippen molar-refractivity contribution in [2.24, 2.45) is 0 Å². The van der Waals surface area contributed by atoms with Crippen LogP contribution in [0.15, 0.2) is 0 Å². The molecule has 0 radical (unpaired) electrons. The van der Waals surface area contributed by atoms with Gasteiger partial charge >= 0.3 is 5.97 Å². The highest BCUT2D eigenvalue weighted by atomic mass is 32.2. The van der Waals surface area contributed by atoms with E-state index >= 15 is 0 Å².